The first-order valence-corrected chi connectivity index (χ1v) is 13.3. The van der Waals surface area contributed by atoms with Gasteiger partial charge in [0.05, 0.1) is 41.6 Å². The number of alkyl halides is 3. The topological polar surface area (TPSA) is 112 Å². The van der Waals surface area contributed by atoms with E-state index in [4.69, 9.17) is 9.47 Å². The Kier molecular flexibility index (Phi) is 9.24. The summed E-state index contributed by atoms with van der Waals surface area (Å²) >= 11 is 0. The SMILES string of the molecule is COCCCNC(=O)c1cc(C#CCNc2cc(S(C)(=O)=O)ccc2OC)cc2c1ncn2CC(F)(F)F. The van der Waals surface area contributed by atoms with Crippen LogP contribution in [0.3, 0.4) is 0 Å². The highest BCUT2D eigenvalue weighted by Crippen LogP contribution is 2.27. The van der Waals surface area contributed by atoms with Crippen LogP contribution < -0.4 is 15.4 Å². The van der Waals surface area contributed by atoms with Gasteiger partial charge in [-0.2, -0.15) is 13.2 Å². The Morgan fingerprint density at radius 2 is 1.95 bits per heavy atom. The molecule has 0 atom stereocenters. The van der Waals surface area contributed by atoms with Crippen molar-refractivity contribution in [2.45, 2.75) is 24.0 Å². The van der Waals surface area contributed by atoms with E-state index in [0.29, 0.717) is 36.6 Å². The third kappa shape index (κ3) is 7.62. The van der Waals surface area contributed by atoms with Gasteiger partial charge in [-0.1, -0.05) is 11.8 Å². The first-order chi connectivity index (χ1) is 17.9. The molecular formula is C25H27F3N4O5S. The minimum absolute atomic E-state index is 0.0575. The predicted molar refractivity (Wildman–Crippen MR) is 136 cm³/mol. The lowest BCUT2D eigenvalue weighted by Crippen LogP contribution is -2.25. The molecular weight excluding hydrogens is 525 g/mol. The second-order valence-corrected chi connectivity index (χ2v) is 10.3. The molecule has 0 spiro atoms. The number of aromatic nitrogens is 2. The Labute approximate surface area is 218 Å². The Hall–Kier alpha value is -3.76. The highest BCUT2D eigenvalue weighted by Gasteiger charge is 2.29. The van der Waals surface area contributed by atoms with Crippen LogP contribution in [-0.4, -0.2) is 70.2 Å². The highest BCUT2D eigenvalue weighted by atomic mass is 32.2. The van der Waals surface area contributed by atoms with Crippen LogP contribution in [0.4, 0.5) is 18.9 Å². The summed E-state index contributed by atoms with van der Waals surface area (Å²) in [4.78, 5) is 17.0. The van der Waals surface area contributed by atoms with Gasteiger partial charge in [-0.25, -0.2) is 13.4 Å². The highest BCUT2D eigenvalue weighted by molar-refractivity contribution is 7.90. The van der Waals surface area contributed by atoms with Crippen molar-refractivity contribution in [3.05, 3.63) is 47.8 Å². The van der Waals surface area contributed by atoms with Crippen LogP contribution in [0.2, 0.25) is 0 Å². The Balaban J connectivity index is 1.90. The molecule has 1 aromatic heterocycles. The third-order valence-corrected chi connectivity index (χ3v) is 6.44. The number of rotatable bonds is 10. The van der Waals surface area contributed by atoms with E-state index in [2.05, 4.69) is 27.5 Å². The molecule has 38 heavy (non-hydrogen) atoms. The molecule has 0 aliphatic carbocycles. The summed E-state index contributed by atoms with van der Waals surface area (Å²) in [6.45, 7) is -0.465. The summed E-state index contributed by atoms with van der Waals surface area (Å²) in [6.07, 6.45) is -1.80. The number of ether oxygens (including phenoxy) is 2. The van der Waals surface area contributed by atoms with Gasteiger partial charge in [-0.3, -0.25) is 4.79 Å². The molecule has 0 saturated heterocycles. The molecule has 9 nitrogen and oxygen atoms in total. The van der Waals surface area contributed by atoms with Crippen LogP contribution in [-0.2, 0) is 21.1 Å². The lowest BCUT2D eigenvalue weighted by molar-refractivity contribution is -0.139. The zero-order valence-electron chi connectivity index (χ0n) is 21.0. The maximum Gasteiger partial charge on any atom is 0.406 e. The molecule has 0 fully saturated rings. The van der Waals surface area contributed by atoms with Crippen LogP contribution in [0.5, 0.6) is 5.75 Å². The largest absolute Gasteiger partial charge is 0.495 e. The number of amides is 1. The minimum Gasteiger partial charge on any atom is -0.495 e. The first kappa shape index (κ1) is 28.8. The van der Waals surface area contributed by atoms with Crippen LogP contribution in [0.1, 0.15) is 22.3 Å². The summed E-state index contributed by atoms with van der Waals surface area (Å²) in [5, 5.41) is 5.69. The Bertz CT molecular complexity index is 1470. The fourth-order valence-corrected chi connectivity index (χ4v) is 4.23. The number of anilines is 1. The third-order valence-electron chi connectivity index (χ3n) is 5.33. The summed E-state index contributed by atoms with van der Waals surface area (Å²) < 4.78 is 74.2. The van der Waals surface area contributed by atoms with Crippen LogP contribution in [0.25, 0.3) is 11.0 Å². The summed E-state index contributed by atoms with van der Waals surface area (Å²) in [6, 6.07) is 7.26. The molecule has 13 heteroatoms. The van der Waals surface area contributed by atoms with Crippen molar-refractivity contribution in [3.63, 3.8) is 0 Å². The molecule has 0 radical (unpaired) electrons. The van der Waals surface area contributed by atoms with Crippen molar-refractivity contribution in [3.8, 4) is 17.6 Å². The average Bonchev–Trinajstić information content (AvgIpc) is 3.24. The smallest absolute Gasteiger partial charge is 0.406 e. The van der Waals surface area contributed by atoms with Crippen molar-refractivity contribution in [2.75, 3.05) is 45.5 Å². The van der Waals surface area contributed by atoms with Gasteiger partial charge in [0.25, 0.3) is 5.91 Å². The summed E-state index contributed by atoms with van der Waals surface area (Å²) in [7, 11) is -0.470. The molecule has 2 aromatic carbocycles. The zero-order valence-corrected chi connectivity index (χ0v) is 21.8. The molecule has 204 valence electrons. The first-order valence-electron chi connectivity index (χ1n) is 11.4. The maximum atomic E-state index is 13.1. The van der Waals surface area contributed by atoms with E-state index >= 15 is 0 Å². The van der Waals surface area contributed by atoms with Crippen molar-refractivity contribution in [1.82, 2.24) is 14.9 Å². The van der Waals surface area contributed by atoms with Gasteiger partial charge >= 0.3 is 6.18 Å². The van der Waals surface area contributed by atoms with Gasteiger partial charge in [-0.15, -0.1) is 0 Å². The fraction of sp³-hybridized carbons (Fsp3) is 0.360. The van der Waals surface area contributed by atoms with E-state index in [1.54, 1.807) is 0 Å². The van der Waals surface area contributed by atoms with Gasteiger partial charge < -0.3 is 24.7 Å². The molecule has 1 amide bonds. The van der Waals surface area contributed by atoms with E-state index in [9.17, 15) is 26.4 Å². The number of sulfone groups is 1. The van der Waals surface area contributed by atoms with E-state index in [1.165, 1.54) is 44.6 Å². The number of imidazole rings is 1. The van der Waals surface area contributed by atoms with Gasteiger partial charge in [-0.05, 0) is 36.8 Å². The number of benzene rings is 2. The molecule has 0 saturated carbocycles. The monoisotopic (exact) mass is 552 g/mol. The quantitative estimate of drug-likeness (QED) is 0.293. The molecule has 1 heterocycles. The lowest BCUT2D eigenvalue weighted by Gasteiger charge is -2.11. The van der Waals surface area contributed by atoms with Crippen LogP contribution >= 0.6 is 0 Å². The molecule has 0 bridgehead atoms. The van der Waals surface area contributed by atoms with Gasteiger partial charge in [0, 0.05) is 32.1 Å². The molecule has 3 rings (SSSR count). The van der Waals surface area contributed by atoms with Crippen LogP contribution in [0, 0.1) is 11.8 Å². The second kappa shape index (κ2) is 12.2. The molecule has 0 unspecified atom stereocenters. The lowest BCUT2D eigenvalue weighted by atomic mass is 10.1. The standard InChI is InChI=1S/C25H27F3N4O5S/c1-36-11-5-10-30-24(33)19-12-17(13-21-23(19)31-16-32(21)15-25(26,27)28)6-4-9-29-20-14-18(38(3,34)35)7-8-22(20)37-2/h7-8,12-14,16,29H,5,9-11,15H2,1-3H3,(H,30,33). The number of methoxy groups -OCH3 is 2. The molecule has 0 aliphatic rings. The number of halogens is 3. The van der Waals surface area contributed by atoms with E-state index in [1.807, 2.05) is 0 Å². The predicted octanol–water partition coefficient (Wildman–Crippen LogP) is 3.24. The fourth-order valence-electron chi connectivity index (χ4n) is 3.58. The maximum absolute atomic E-state index is 13.1. The molecule has 0 aliphatic heterocycles. The van der Waals surface area contributed by atoms with Crippen molar-refractivity contribution in [1.29, 1.82) is 0 Å². The number of hydrogen-bond acceptors (Lipinski definition) is 7. The van der Waals surface area contributed by atoms with Gasteiger partial charge in [0.1, 0.15) is 17.8 Å². The van der Waals surface area contributed by atoms with Crippen molar-refractivity contribution in [2.24, 2.45) is 0 Å². The van der Waals surface area contributed by atoms with Gasteiger partial charge in [0.15, 0.2) is 9.84 Å². The minimum atomic E-state index is -4.48. The number of carbonyl (C=O) groups excluding carboxylic acids is 1. The normalized spacial score (nSPS) is 11.6. The number of nitrogens with zero attached hydrogens (tertiary/aromatic N) is 2. The van der Waals surface area contributed by atoms with E-state index in [-0.39, 0.29) is 28.0 Å². The van der Waals surface area contributed by atoms with Crippen molar-refractivity contribution < 1.29 is 35.9 Å². The van der Waals surface area contributed by atoms with Crippen LogP contribution in [0.15, 0.2) is 41.6 Å². The van der Waals surface area contributed by atoms with E-state index in [0.717, 1.165) is 17.2 Å². The zero-order chi connectivity index (χ0) is 27.9. The Morgan fingerprint density at radius 1 is 1.18 bits per heavy atom. The number of nitrogens with one attached hydrogen (secondary N) is 2. The van der Waals surface area contributed by atoms with Gasteiger partial charge in [0.2, 0.25) is 0 Å². The number of fused-ring (bicyclic) bond motifs is 1. The average molecular weight is 553 g/mol. The number of carbonyl (C=O) groups is 1. The van der Waals surface area contributed by atoms with E-state index < -0.39 is 28.5 Å². The second-order valence-electron chi connectivity index (χ2n) is 8.27. The van der Waals surface area contributed by atoms with Crippen molar-refractivity contribution >= 4 is 32.5 Å². The summed E-state index contributed by atoms with van der Waals surface area (Å²) in [5.74, 6) is 5.60. The molecule has 3 aromatic rings. The Morgan fingerprint density at radius 3 is 2.61 bits per heavy atom. The number of hydrogen-bond donors (Lipinski definition) is 2. The molecule has 2 N–H and O–H groups in total. The summed E-state index contributed by atoms with van der Waals surface area (Å²) in [5.41, 5.74) is 1.05.